The molecule has 0 saturated carbocycles. The van der Waals surface area contributed by atoms with Crippen LogP contribution in [0.1, 0.15) is 28.8 Å². The van der Waals surface area contributed by atoms with E-state index in [0.29, 0.717) is 5.56 Å². The number of nitrogens with zero attached hydrogens (tertiary/aromatic N) is 2. The Hall–Kier alpha value is -1.43. The quantitative estimate of drug-likeness (QED) is 0.795. The Morgan fingerprint density at radius 2 is 2.09 bits per heavy atom. The molecule has 1 spiro atoms. The van der Waals surface area contributed by atoms with Crippen LogP contribution in [0.5, 0.6) is 0 Å². The molecule has 1 aromatic rings. The molecule has 0 aliphatic carbocycles. The van der Waals surface area contributed by atoms with Gasteiger partial charge in [-0.25, -0.2) is 4.79 Å². The van der Waals surface area contributed by atoms with Crippen LogP contribution in [0.2, 0.25) is 0 Å². The number of hydrogen-bond acceptors (Lipinski definition) is 5. The number of piperazine rings is 1. The number of carbonyl (C=O) groups is 1. The summed E-state index contributed by atoms with van der Waals surface area (Å²) in [6.07, 6.45) is 2.20. The molecule has 0 atom stereocenters. The number of carbonyl (C=O) groups excluding carboxylic acids is 1. The summed E-state index contributed by atoms with van der Waals surface area (Å²) in [6, 6.07) is 7.77. The summed E-state index contributed by atoms with van der Waals surface area (Å²) in [7, 11) is 3.66. The van der Waals surface area contributed by atoms with Gasteiger partial charge in [0.15, 0.2) is 0 Å². The molecule has 1 aromatic carbocycles. The van der Waals surface area contributed by atoms with Gasteiger partial charge < -0.3 is 9.47 Å². The third kappa shape index (κ3) is 3.57. The van der Waals surface area contributed by atoms with Gasteiger partial charge in [-0.2, -0.15) is 0 Å². The largest absolute Gasteiger partial charge is 0.465 e. The van der Waals surface area contributed by atoms with Crippen LogP contribution >= 0.6 is 0 Å². The number of benzene rings is 1. The van der Waals surface area contributed by atoms with E-state index in [1.165, 1.54) is 12.7 Å². The lowest BCUT2D eigenvalue weighted by atomic mass is 9.86. The minimum atomic E-state index is -0.272. The van der Waals surface area contributed by atoms with Crippen molar-refractivity contribution in [3.63, 3.8) is 0 Å². The average molecular weight is 318 g/mol. The van der Waals surface area contributed by atoms with E-state index < -0.39 is 0 Å². The summed E-state index contributed by atoms with van der Waals surface area (Å²) in [5.74, 6) is -0.272. The molecule has 0 amide bonds. The summed E-state index contributed by atoms with van der Waals surface area (Å²) >= 11 is 0. The summed E-state index contributed by atoms with van der Waals surface area (Å²) in [6.45, 7) is 5.79. The number of methoxy groups -OCH3 is 1. The SMILES string of the molecule is COC(=O)c1cccc(CN2CCN(C)C3(CCOCC3)C2)c1. The zero-order valence-electron chi connectivity index (χ0n) is 14.1. The normalized spacial score (nSPS) is 22.2. The molecule has 126 valence electrons. The molecule has 0 N–H and O–H groups in total. The van der Waals surface area contributed by atoms with Crippen LogP contribution in [0.3, 0.4) is 0 Å². The van der Waals surface area contributed by atoms with Crippen molar-refractivity contribution in [1.82, 2.24) is 9.80 Å². The van der Waals surface area contributed by atoms with Gasteiger partial charge >= 0.3 is 5.97 Å². The second-order valence-corrected chi connectivity index (χ2v) is 6.66. The van der Waals surface area contributed by atoms with Gasteiger partial charge in [-0.3, -0.25) is 9.80 Å². The Kier molecular flexibility index (Phi) is 4.99. The number of likely N-dealkylation sites (N-methyl/N-ethyl adjacent to an activating group) is 1. The first-order chi connectivity index (χ1) is 11.1. The lowest BCUT2D eigenvalue weighted by Crippen LogP contribution is -2.62. The summed E-state index contributed by atoms with van der Waals surface area (Å²) in [5.41, 5.74) is 2.04. The zero-order valence-corrected chi connectivity index (χ0v) is 14.1. The van der Waals surface area contributed by atoms with Crippen LogP contribution in [-0.2, 0) is 16.0 Å². The monoisotopic (exact) mass is 318 g/mol. The Morgan fingerprint density at radius 1 is 1.30 bits per heavy atom. The average Bonchev–Trinajstić information content (AvgIpc) is 2.59. The highest BCUT2D eigenvalue weighted by molar-refractivity contribution is 5.89. The highest BCUT2D eigenvalue weighted by Crippen LogP contribution is 2.31. The lowest BCUT2D eigenvalue weighted by Gasteiger charge is -2.51. The van der Waals surface area contributed by atoms with Crippen LogP contribution in [0.4, 0.5) is 0 Å². The fraction of sp³-hybridized carbons (Fsp3) is 0.611. The molecule has 2 saturated heterocycles. The van der Waals surface area contributed by atoms with Gasteiger partial charge in [0.25, 0.3) is 0 Å². The summed E-state index contributed by atoms with van der Waals surface area (Å²) in [4.78, 5) is 16.7. The number of ether oxygens (including phenoxy) is 2. The van der Waals surface area contributed by atoms with Crippen molar-refractivity contribution in [1.29, 1.82) is 0 Å². The van der Waals surface area contributed by atoms with E-state index in [-0.39, 0.29) is 11.5 Å². The van der Waals surface area contributed by atoms with Crippen LogP contribution in [0.15, 0.2) is 24.3 Å². The maximum Gasteiger partial charge on any atom is 0.337 e. The molecule has 2 fully saturated rings. The summed E-state index contributed by atoms with van der Waals surface area (Å²) in [5, 5.41) is 0. The Morgan fingerprint density at radius 3 is 2.83 bits per heavy atom. The topological polar surface area (TPSA) is 42.0 Å². The van der Waals surface area contributed by atoms with Crippen LogP contribution in [0, 0.1) is 0 Å². The molecule has 0 bridgehead atoms. The predicted octanol–water partition coefficient (Wildman–Crippen LogP) is 1.77. The van der Waals surface area contributed by atoms with E-state index in [1.807, 2.05) is 12.1 Å². The second kappa shape index (κ2) is 6.99. The highest BCUT2D eigenvalue weighted by atomic mass is 16.5. The van der Waals surface area contributed by atoms with Crippen molar-refractivity contribution in [3.8, 4) is 0 Å². The predicted molar refractivity (Wildman–Crippen MR) is 88.5 cm³/mol. The smallest absolute Gasteiger partial charge is 0.337 e. The van der Waals surface area contributed by atoms with Gasteiger partial charge in [-0.15, -0.1) is 0 Å². The zero-order chi connectivity index (χ0) is 16.3. The van der Waals surface area contributed by atoms with Crippen molar-refractivity contribution in [2.75, 3.05) is 47.0 Å². The molecule has 0 unspecified atom stereocenters. The van der Waals surface area contributed by atoms with E-state index in [4.69, 9.17) is 9.47 Å². The first-order valence-electron chi connectivity index (χ1n) is 8.32. The van der Waals surface area contributed by atoms with E-state index in [2.05, 4.69) is 22.9 Å². The molecule has 2 heterocycles. The maximum atomic E-state index is 11.7. The molecule has 2 aliphatic heterocycles. The van der Waals surface area contributed by atoms with E-state index in [0.717, 1.165) is 52.2 Å². The molecular weight excluding hydrogens is 292 g/mol. The number of hydrogen-bond donors (Lipinski definition) is 0. The van der Waals surface area contributed by atoms with Crippen molar-refractivity contribution < 1.29 is 14.3 Å². The van der Waals surface area contributed by atoms with Crippen LogP contribution in [0.25, 0.3) is 0 Å². The van der Waals surface area contributed by atoms with E-state index >= 15 is 0 Å². The third-order valence-electron chi connectivity index (χ3n) is 5.26. The number of rotatable bonds is 3. The molecule has 0 aromatic heterocycles. The van der Waals surface area contributed by atoms with Gasteiger partial charge in [0.05, 0.1) is 12.7 Å². The molecule has 23 heavy (non-hydrogen) atoms. The van der Waals surface area contributed by atoms with Gasteiger partial charge in [-0.05, 0) is 37.6 Å². The van der Waals surface area contributed by atoms with Gasteiger partial charge in [0.1, 0.15) is 0 Å². The Labute approximate surface area is 138 Å². The molecule has 0 radical (unpaired) electrons. The summed E-state index contributed by atoms with van der Waals surface area (Å²) < 4.78 is 10.4. The molecule has 3 rings (SSSR count). The van der Waals surface area contributed by atoms with Crippen molar-refractivity contribution >= 4 is 5.97 Å². The van der Waals surface area contributed by atoms with Gasteiger partial charge in [0, 0.05) is 44.9 Å². The lowest BCUT2D eigenvalue weighted by molar-refractivity contribution is -0.0625. The van der Waals surface area contributed by atoms with Crippen LogP contribution in [-0.4, -0.2) is 68.3 Å². The third-order valence-corrected chi connectivity index (χ3v) is 5.26. The Balaban J connectivity index is 1.69. The standard InChI is InChI=1S/C18H26N2O3/c1-19-8-9-20(14-18(19)6-10-23-11-7-18)13-15-4-3-5-16(12-15)17(21)22-2/h3-5,12H,6-11,13-14H2,1-2H3. The van der Waals surface area contributed by atoms with E-state index in [9.17, 15) is 4.79 Å². The minimum absolute atomic E-state index is 0.246. The molecule has 5 heteroatoms. The molecular formula is C18H26N2O3. The van der Waals surface area contributed by atoms with Crippen molar-refractivity contribution in [3.05, 3.63) is 35.4 Å². The maximum absolute atomic E-state index is 11.7. The van der Waals surface area contributed by atoms with E-state index in [1.54, 1.807) is 6.07 Å². The Bertz CT molecular complexity index is 555. The minimum Gasteiger partial charge on any atom is -0.465 e. The first-order valence-corrected chi connectivity index (χ1v) is 8.32. The number of esters is 1. The fourth-order valence-corrected chi connectivity index (χ4v) is 3.74. The first kappa shape index (κ1) is 16.4. The highest BCUT2D eigenvalue weighted by Gasteiger charge is 2.40. The fourth-order valence-electron chi connectivity index (χ4n) is 3.74. The van der Waals surface area contributed by atoms with Crippen molar-refractivity contribution in [2.24, 2.45) is 0 Å². The van der Waals surface area contributed by atoms with Crippen LogP contribution < -0.4 is 0 Å². The molecule has 2 aliphatic rings. The second-order valence-electron chi connectivity index (χ2n) is 6.66. The molecule has 5 nitrogen and oxygen atoms in total. The van der Waals surface area contributed by atoms with Crippen molar-refractivity contribution in [2.45, 2.75) is 24.9 Å². The van der Waals surface area contributed by atoms with Gasteiger partial charge in [0.2, 0.25) is 0 Å². The van der Waals surface area contributed by atoms with Gasteiger partial charge in [-0.1, -0.05) is 12.1 Å².